The summed E-state index contributed by atoms with van der Waals surface area (Å²) in [6.07, 6.45) is 0. The van der Waals surface area contributed by atoms with E-state index in [2.05, 4.69) is 15.0 Å². The van der Waals surface area contributed by atoms with E-state index in [1.54, 1.807) is 19.1 Å². The van der Waals surface area contributed by atoms with Crippen LogP contribution in [0.15, 0.2) is 53.3 Å². The zero-order valence-corrected chi connectivity index (χ0v) is 21.1. The molecular weight excluding hydrogens is 524 g/mol. The predicted molar refractivity (Wildman–Crippen MR) is 133 cm³/mol. The number of alkyl halides is 2. The second kappa shape index (κ2) is 10.9. The van der Waals surface area contributed by atoms with Gasteiger partial charge in [-0.2, -0.15) is 18.4 Å². The van der Waals surface area contributed by atoms with Crippen LogP contribution in [0.4, 0.5) is 23.2 Å². The first-order chi connectivity index (χ1) is 18.5. The fourth-order valence-electron chi connectivity index (χ4n) is 3.96. The molecular formula is C26H22F4N4O5. The van der Waals surface area contributed by atoms with Crippen molar-refractivity contribution in [1.29, 1.82) is 0 Å². The number of amides is 1. The molecule has 4 aromatic rings. The van der Waals surface area contributed by atoms with Gasteiger partial charge < -0.3 is 19.5 Å². The minimum atomic E-state index is -3.06. The van der Waals surface area contributed by atoms with Gasteiger partial charge in [-0.15, -0.1) is 0 Å². The number of benzene rings is 2. The Kier molecular flexibility index (Phi) is 7.61. The van der Waals surface area contributed by atoms with Crippen LogP contribution in [-0.4, -0.2) is 41.1 Å². The summed E-state index contributed by atoms with van der Waals surface area (Å²) in [5, 5.41) is 2.41. The molecule has 39 heavy (non-hydrogen) atoms. The molecule has 1 amide bonds. The first kappa shape index (κ1) is 27.2. The summed E-state index contributed by atoms with van der Waals surface area (Å²) in [6.45, 7) is -1.33. The maximum absolute atomic E-state index is 15.2. The molecule has 204 valence electrons. The van der Waals surface area contributed by atoms with Crippen molar-refractivity contribution in [1.82, 2.24) is 14.3 Å². The van der Waals surface area contributed by atoms with Crippen molar-refractivity contribution < 1.29 is 36.6 Å². The van der Waals surface area contributed by atoms with Crippen LogP contribution in [0.5, 0.6) is 17.4 Å². The average Bonchev–Trinajstić information content (AvgIpc) is 3.12. The number of hydrogen-bond acceptors (Lipinski definition) is 6. The molecule has 2 heterocycles. The Balaban J connectivity index is 1.90. The molecule has 0 bridgehead atoms. The largest absolute Gasteiger partial charge is 0.497 e. The normalized spacial score (nSPS) is 11.0. The smallest absolute Gasteiger partial charge is 0.387 e. The molecule has 0 fully saturated rings. The van der Waals surface area contributed by atoms with Gasteiger partial charge in [0.05, 0.1) is 19.8 Å². The average molecular weight is 546 g/mol. The second-order valence-corrected chi connectivity index (χ2v) is 8.23. The number of aryl methyl sites for hydroxylation is 1. The summed E-state index contributed by atoms with van der Waals surface area (Å²) in [5.74, 6) is -3.01. The Labute approximate surface area is 219 Å². The Morgan fingerprint density at radius 2 is 1.62 bits per heavy atom. The Morgan fingerprint density at radius 1 is 0.974 bits per heavy atom. The Hall–Kier alpha value is -4.81. The van der Waals surface area contributed by atoms with E-state index in [1.165, 1.54) is 33.4 Å². The zero-order valence-electron chi connectivity index (χ0n) is 21.1. The zero-order chi connectivity index (χ0) is 28.4. The molecule has 2 aromatic carbocycles. The lowest BCUT2D eigenvalue weighted by molar-refractivity contribution is -0.0498. The minimum absolute atomic E-state index is 0.0385. The first-order valence-corrected chi connectivity index (χ1v) is 11.3. The molecule has 0 aliphatic carbocycles. The maximum atomic E-state index is 15.2. The molecule has 0 aliphatic heterocycles. The van der Waals surface area contributed by atoms with Crippen LogP contribution >= 0.6 is 0 Å². The number of halogens is 4. The first-order valence-electron chi connectivity index (χ1n) is 11.3. The fraction of sp³-hybridized carbons (Fsp3) is 0.192. The molecule has 4 rings (SSSR count). The highest BCUT2D eigenvalue weighted by Crippen LogP contribution is 2.34. The van der Waals surface area contributed by atoms with E-state index in [0.717, 1.165) is 33.6 Å². The lowest BCUT2D eigenvalue weighted by atomic mass is 10.1. The third kappa shape index (κ3) is 5.42. The van der Waals surface area contributed by atoms with Gasteiger partial charge in [0.15, 0.2) is 5.82 Å². The summed E-state index contributed by atoms with van der Waals surface area (Å²) in [5.41, 5.74) is -1.59. The van der Waals surface area contributed by atoms with Gasteiger partial charge >= 0.3 is 6.61 Å². The number of rotatable bonds is 8. The van der Waals surface area contributed by atoms with Crippen LogP contribution in [-0.2, 0) is 7.05 Å². The number of nitrogens with zero attached hydrogens (tertiary/aromatic N) is 3. The number of nitrogens with one attached hydrogen (secondary N) is 1. The summed E-state index contributed by atoms with van der Waals surface area (Å²) in [6, 6.07) is 9.68. The highest BCUT2D eigenvalue weighted by molar-refractivity contribution is 6.06. The van der Waals surface area contributed by atoms with Gasteiger partial charge in [-0.1, -0.05) is 0 Å². The van der Waals surface area contributed by atoms with Crippen molar-refractivity contribution >= 4 is 11.6 Å². The van der Waals surface area contributed by atoms with Crippen molar-refractivity contribution in [3.05, 3.63) is 81.6 Å². The van der Waals surface area contributed by atoms with E-state index in [4.69, 9.17) is 9.47 Å². The Bertz CT molecular complexity index is 1580. The molecule has 0 aliphatic rings. The Morgan fingerprint density at radius 3 is 2.18 bits per heavy atom. The lowest BCUT2D eigenvalue weighted by Gasteiger charge is -2.13. The van der Waals surface area contributed by atoms with Gasteiger partial charge in [0.25, 0.3) is 11.5 Å². The summed E-state index contributed by atoms with van der Waals surface area (Å²) in [7, 11) is 3.98. The van der Waals surface area contributed by atoms with Gasteiger partial charge in [0, 0.05) is 30.8 Å². The van der Waals surface area contributed by atoms with Crippen LogP contribution in [0.3, 0.4) is 0 Å². The van der Waals surface area contributed by atoms with E-state index >= 15 is 8.78 Å². The van der Waals surface area contributed by atoms with Crippen molar-refractivity contribution in [3.63, 3.8) is 0 Å². The molecule has 0 unspecified atom stereocenters. The molecule has 13 heteroatoms. The quantitative estimate of drug-likeness (QED) is 0.322. The topological polar surface area (TPSA) is 96.6 Å². The van der Waals surface area contributed by atoms with Gasteiger partial charge in [0.1, 0.15) is 34.5 Å². The van der Waals surface area contributed by atoms with E-state index < -0.39 is 41.0 Å². The number of pyridine rings is 1. The number of ether oxygens (including phenoxy) is 3. The highest BCUT2D eigenvalue weighted by Gasteiger charge is 2.28. The van der Waals surface area contributed by atoms with E-state index in [1.807, 2.05) is 0 Å². The van der Waals surface area contributed by atoms with E-state index in [0.29, 0.717) is 5.56 Å². The van der Waals surface area contributed by atoms with E-state index in [9.17, 15) is 18.4 Å². The van der Waals surface area contributed by atoms with Gasteiger partial charge in [-0.05, 0) is 42.8 Å². The third-order valence-corrected chi connectivity index (χ3v) is 5.69. The fourth-order valence-corrected chi connectivity index (χ4v) is 3.96. The second-order valence-electron chi connectivity index (χ2n) is 8.23. The molecule has 0 radical (unpaired) electrons. The molecule has 0 atom stereocenters. The SMILES string of the molecule is COc1cc(F)c(-c2c(NC(=O)c3ccc(OC(F)F)cc3)c(=O)n(-c3cc(C)cc(OC)n3)n2C)c(F)c1. The van der Waals surface area contributed by atoms with Gasteiger partial charge in [-0.25, -0.2) is 8.78 Å². The molecule has 0 spiro atoms. The molecule has 9 nitrogen and oxygen atoms in total. The number of methoxy groups -OCH3 is 2. The number of hydrogen-bond donors (Lipinski definition) is 1. The van der Waals surface area contributed by atoms with Crippen LogP contribution in [0.1, 0.15) is 15.9 Å². The van der Waals surface area contributed by atoms with Gasteiger partial charge in [0.2, 0.25) is 5.88 Å². The summed E-state index contributed by atoms with van der Waals surface area (Å²) in [4.78, 5) is 31.0. The standard InChI is InChI=1S/C26H22F4N4O5/c1-13-9-19(31-20(10-13)38-4)34-25(36)22(32-24(35)14-5-7-15(8-6-14)39-26(29)30)23(33(34)2)21-17(27)11-16(37-3)12-18(21)28/h5-12,26H,1-4H3,(H,32,35). The maximum Gasteiger partial charge on any atom is 0.387 e. The van der Waals surface area contributed by atoms with Crippen LogP contribution in [0.2, 0.25) is 0 Å². The van der Waals surface area contributed by atoms with Gasteiger partial charge in [-0.3, -0.25) is 14.3 Å². The summed E-state index contributed by atoms with van der Waals surface area (Å²) < 4.78 is 71.9. The lowest BCUT2D eigenvalue weighted by Crippen LogP contribution is -2.24. The third-order valence-electron chi connectivity index (χ3n) is 5.69. The number of anilines is 1. The molecule has 0 saturated carbocycles. The van der Waals surface area contributed by atoms with Crippen molar-refractivity contribution in [2.75, 3.05) is 19.5 Å². The van der Waals surface area contributed by atoms with Crippen molar-refractivity contribution in [2.45, 2.75) is 13.5 Å². The predicted octanol–water partition coefficient (Wildman–Crippen LogP) is 4.70. The van der Waals surface area contributed by atoms with Crippen LogP contribution < -0.4 is 25.1 Å². The summed E-state index contributed by atoms with van der Waals surface area (Å²) >= 11 is 0. The molecule has 1 N–H and O–H groups in total. The van der Waals surface area contributed by atoms with E-state index in [-0.39, 0.29) is 34.5 Å². The number of carbonyl (C=O) groups is 1. The number of aromatic nitrogens is 3. The minimum Gasteiger partial charge on any atom is -0.497 e. The monoisotopic (exact) mass is 546 g/mol. The molecule has 0 saturated heterocycles. The molecule has 2 aromatic heterocycles. The highest BCUT2D eigenvalue weighted by atomic mass is 19.3. The van der Waals surface area contributed by atoms with Crippen LogP contribution in [0, 0.1) is 18.6 Å². The van der Waals surface area contributed by atoms with Crippen LogP contribution in [0.25, 0.3) is 17.1 Å². The number of carbonyl (C=O) groups excluding carboxylic acids is 1. The van der Waals surface area contributed by atoms with Crippen molar-refractivity contribution in [2.24, 2.45) is 7.05 Å². The van der Waals surface area contributed by atoms with Crippen molar-refractivity contribution in [3.8, 4) is 34.5 Å².